The molecule has 126 valence electrons. The van der Waals surface area contributed by atoms with Crippen LogP contribution in [0.15, 0.2) is 42.7 Å². The van der Waals surface area contributed by atoms with Crippen LogP contribution in [0, 0.1) is 19.3 Å². The van der Waals surface area contributed by atoms with Crippen LogP contribution in [0.5, 0.6) is 5.75 Å². The molecule has 0 saturated carbocycles. The summed E-state index contributed by atoms with van der Waals surface area (Å²) in [6, 6.07) is 11.6. The monoisotopic (exact) mass is 333 g/mol. The minimum Gasteiger partial charge on any atom is -0.491 e. The van der Waals surface area contributed by atoms with E-state index in [0.717, 1.165) is 33.5 Å². The van der Waals surface area contributed by atoms with Crippen molar-refractivity contribution in [1.82, 2.24) is 9.97 Å². The minimum atomic E-state index is 0.490. The van der Waals surface area contributed by atoms with Crippen LogP contribution in [0.25, 0.3) is 10.9 Å². The SMILES string of the molecule is C#Cc1cccc(Nc2ncnc3cc(C)c(OCCOC)cc23)c1. The van der Waals surface area contributed by atoms with Gasteiger partial charge in [0, 0.05) is 23.7 Å². The third kappa shape index (κ3) is 3.87. The summed E-state index contributed by atoms with van der Waals surface area (Å²) in [5.41, 5.74) is 3.55. The Morgan fingerprint density at radius 2 is 2.04 bits per heavy atom. The maximum atomic E-state index is 5.79. The Morgan fingerprint density at radius 1 is 1.16 bits per heavy atom. The number of fused-ring (bicyclic) bond motifs is 1. The minimum absolute atomic E-state index is 0.490. The van der Waals surface area contributed by atoms with Crippen molar-refractivity contribution in [2.24, 2.45) is 0 Å². The molecule has 2 aromatic carbocycles. The van der Waals surface area contributed by atoms with Crippen molar-refractivity contribution >= 4 is 22.4 Å². The molecule has 0 aliphatic rings. The molecule has 3 rings (SSSR count). The molecular formula is C20H19N3O2. The summed E-state index contributed by atoms with van der Waals surface area (Å²) < 4.78 is 10.8. The van der Waals surface area contributed by atoms with Gasteiger partial charge in [-0.15, -0.1) is 6.42 Å². The topological polar surface area (TPSA) is 56.3 Å². The third-order valence-electron chi connectivity index (χ3n) is 3.77. The second-order valence-corrected chi connectivity index (χ2v) is 5.55. The van der Waals surface area contributed by atoms with Crippen LogP contribution in [0.3, 0.4) is 0 Å². The van der Waals surface area contributed by atoms with E-state index in [1.807, 2.05) is 43.3 Å². The first-order chi connectivity index (χ1) is 12.2. The van der Waals surface area contributed by atoms with E-state index in [2.05, 4.69) is 21.2 Å². The van der Waals surface area contributed by atoms with E-state index in [9.17, 15) is 0 Å². The Balaban J connectivity index is 1.97. The van der Waals surface area contributed by atoms with Crippen molar-refractivity contribution in [3.05, 3.63) is 53.9 Å². The smallest absolute Gasteiger partial charge is 0.141 e. The molecule has 3 aromatic rings. The number of hydrogen-bond acceptors (Lipinski definition) is 5. The molecule has 0 saturated heterocycles. The van der Waals surface area contributed by atoms with Gasteiger partial charge in [0.25, 0.3) is 0 Å². The van der Waals surface area contributed by atoms with Crippen molar-refractivity contribution in [2.75, 3.05) is 25.6 Å². The predicted molar refractivity (Wildman–Crippen MR) is 99.3 cm³/mol. The average Bonchev–Trinajstić information content (AvgIpc) is 2.63. The van der Waals surface area contributed by atoms with Crippen molar-refractivity contribution < 1.29 is 9.47 Å². The highest BCUT2D eigenvalue weighted by atomic mass is 16.5. The molecule has 0 aliphatic heterocycles. The lowest BCUT2D eigenvalue weighted by atomic mass is 10.1. The summed E-state index contributed by atoms with van der Waals surface area (Å²) in [4.78, 5) is 8.72. The van der Waals surface area contributed by atoms with E-state index in [0.29, 0.717) is 19.0 Å². The van der Waals surface area contributed by atoms with Gasteiger partial charge in [0.1, 0.15) is 24.5 Å². The number of aryl methyl sites for hydroxylation is 1. The van der Waals surface area contributed by atoms with Gasteiger partial charge in [0.05, 0.1) is 12.1 Å². The standard InChI is InChI=1S/C20H19N3O2/c1-4-15-6-5-7-16(11-15)23-20-17-12-19(25-9-8-24-3)14(2)10-18(17)21-13-22-20/h1,5-7,10-13H,8-9H2,2-3H3,(H,21,22,23). The highest BCUT2D eigenvalue weighted by molar-refractivity contribution is 5.92. The second-order valence-electron chi connectivity index (χ2n) is 5.55. The fourth-order valence-corrected chi connectivity index (χ4v) is 2.50. The van der Waals surface area contributed by atoms with Crippen molar-refractivity contribution in [2.45, 2.75) is 6.92 Å². The van der Waals surface area contributed by atoms with Gasteiger partial charge in [-0.05, 0) is 42.8 Å². The van der Waals surface area contributed by atoms with E-state index >= 15 is 0 Å². The fourth-order valence-electron chi connectivity index (χ4n) is 2.50. The number of terminal acetylenes is 1. The molecule has 0 radical (unpaired) electrons. The first-order valence-electron chi connectivity index (χ1n) is 7.92. The molecule has 1 heterocycles. The molecule has 0 atom stereocenters. The number of benzene rings is 2. The molecule has 5 nitrogen and oxygen atoms in total. The lowest BCUT2D eigenvalue weighted by Gasteiger charge is -2.13. The van der Waals surface area contributed by atoms with Crippen LogP contribution < -0.4 is 10.1 Å². The first-order valence-corrected chi connectivity index (χ1v) is 7.92. The van der Waals surface area contributed by atoms with Gasteiger partial charge in [-0.3, -0.25) is 0 Å². The summed E-state index contributed by atoms with van der Waals surface area (Å²) in [7, 11) is 1.65. The molecule has 5 heteroatoms. The average molecular weight is 333 g/mol. The Kier molecular flexibility index (Phi) is 5.12. The normalized spacial score (nSPS) is 10.4. The number of anilines is 2. The Labute approximate surface area is 147 Å². The number of nitrogens with zero attached hydrogens (tertiary/aromatic N) is 2. The summed E-state index contributed by atoms with van der Waals surface area (Å²) in [5.74, 6) is 4.13. The van der Waals surface area contributed by atoms with E-state index in [1.165, 1.54) is 0 Å². The zero-order valence-electron chi connectivity index (χ0n) is 14.2. The third-order valence-corrected chi connectivity index (χ3v) is 3.77. The Hall–Kier alpha value is -3.10. The Morgan fingerprint density at radius 3 is 2.84 bits per heavy atom. The van der Waals surface area contributed by atoms with Crippen LogP contribution in [-0.2, 0) is 4.74 Å². The molecule has 25 heavy (non-hydrogen) atoms. The van der Waals surface area contributed by atoms with Gasteiger partial charge < -0.3 is 14.8 Å². The predicted octanol–water partition coefficient (Wildman–Crippen LogP) is 3.69. The quantitative estimate of drug-likeness (QED) is 0.551. The summed E-state index contributed by atoms with van der Waals surface area (Å²) in [6.07, 6.45) is 7.01. The molecular weight excluding hydrogens is 314 g/mol. The van der Waals surface area contributed by atoms with Crippen molar-refractivity contribution in [3.8, 4) is 18.1 Å². The maximum Gasteiger partial charge on any atom is 0.141 e. The lowest BCUT2D eigenvalue weighted by molar-refractivity contribution is 0.146. The van der Waals surface area contributed by atoms with Gasteiger partial charge in [-0.1, -0.05) is 12.0 Å². The second kappa shape index (κ2) is 7.65. The maximum absolute atomic E-state index is 5.79. The van der Waals surface area contributed by atoms with Gasteiger partial charge in [0.2, 0.25) is 0 Å². The zero-order chi connectivity index (χ0) is 17.6. The first kappa shape index (κ1) is 16.7. The number of nitrogens with one attached hydrogen (secondary N) is 1. The molecule has 0 unspecified atom stereocenters. The number of methoxy groups -OCH3 is 1. The Bertz CT molecular complexity index is 932. The van der Waals surface area contributed by atoms with Crippen LogP contribution in [-0.4, -0.2) is 30.3 Å². The van der Waals surface area contributed by atoms with Gasteiger partial charge >= 0.3 is 0 Å². The number of ether oxygens (including phenoxy) is 2. The van der Waals surface area contributed by atoms with Crippen molar-refractivity contribution in [1.29, 1.82) is 0 Å². The lowest BCUT2D eigenvalue weighted by Crippen LogP contribution is -2.05. The summed E-state index contributed by atoms with van der Waals surface area (Å²) >= 11 is 0. The molecule has 0 fully saturated rings. The van der Waals surface area contributed by atoms with Gasteiger partial charge in [-0.2, -0.15) is 0 Å². The molecule has 0 bridgehead atoms. The van der Waals surface area contributed by atoms with E-state index in [4.69, 9.17) is 15.9 Å². The zero-order valence-corrected chi connectivity index (χ0v) is 14.2. The summed E-state index contributed by atoms with van der Waals surface area (Å²) in [5, 5.41) is 4.19. The van der Waals surface area contributed by atoms with E-state index in [-0.39, 0.29) is 0 Å². The van der Waals surface area contributed by atoms with E-state index in [1.54, 1.807) is 13.4 Å². The van der Waals surface area contributed by atoms with Gasteiger partial charge in [-0.25, -0.2) is 9.97 Å². The molecule has 0 aliphatic carbocycles. The highest BCUT2D eigenvalue weighted by Crippen LogP contribution is 2.29. The van der Waals surface area contributed by atoms with Crippen LogP contribution in [0.2, 0.25) is 0 Å². The molecule has 1 N–H and O–H groups in total. The number of aromatic nitrogens is 2. The number of hydrogen-bond donors (Lipinski definition) is 1. The van der Waals surface area contributed by atoms with Crippen LogP contribution in [0.1, 0.15) is 11.1 Å². The largest absolute Gasteiger partial charge is 0.491 e. The molecule has 1 aromatic heterocycles. The fraction of sp³-hybridized carbons (Fsp3) is 0.200. The van der Waals surface area contributed by atoms with Crippen LogP contribution in [0.4, 0.5) is 11.5 Å². The summed E-state index contributed by atoms with van der Waals surface area (Å²) in [6.45, 7) is 3.02. The van der Waals surface area contributed by atoms with Crippen LogP contribution >= 0.6 is 0 Å². The molecule has 0 amide bonds. The molecule has 0 spiro atoms. The number of rotatable bonds is 6. The van der Waals surface area contributed by atoms with Gasteiger partial charge in [0.15, 0.2) is 0 Å². The van der Waals surface area contributed by atoms with E-state index < -0.39 is 0 Å². The highest BCUT2D eigenvalue weighted by Gasteiger charge is 2.09. The van der Waals surface area contributed by atoms with Crippen molar-refractivity contribution in [3.63, 3.8) is 0 Å².